The van der Waals surface area contributed by atoms with Gasteiger partial charge in [0.2, 0.25) is 0 Å². The van der Waals surface area contributed by atoms with E-state index in [0.29, 0.717) is 0 Å². The van der Waals surface area contributed by atoms with Crippen molar-refractivity contribution >= 4 is 53.3 Å². The Balaban J connectivity index is 0.000000499. The summed E-state index contributed by atoms with van der Waals surface area (Å²) in [6, 6.07) is 18.6. The van der Waals surface area contributed by atoms with Crippen LogP contribution in [0.5, 0.6) is 0 Å². The molecule has 0 bridgehead atoms. The molecule has 0 spiro atoms. The van der Waals surface area contributed by atoms with Crippen LogP contribution in [-0.2, 0) is 0 Å². The summed E-state index contributed by atoms with van der Waals surface area (Å²) < 4.78 is 2.69. The molecular weight excluding hydrogens is 537 g/mol. The quantitative estimate of drug-likeness (QED) is 0.142. The summed E-state index contributed by atoms with van der Waals surface area (Å²) >= 11 is 6.59. The van der Waals surface area contributed by atoms with E-state index in [0.717, 1.165) is 22.0 Å². The normalized spacial score (nSPS) is 9.32. The maximum absolute atomic E-state index is 10.9. The number of aryl methyl sites for hydroxylation is 6. The summed E-state index contributed by atoms with van der Waals surface area (Å²) in [5, 5.41) is 0.843. The van der Waals surface area contributed by atoms with Gasteiger partial charge in [0, 0.05) is 10.9 Å². The molecule has 0 amide bonds. The predicted molar refractivity (Wildman–Crippen MR) is 172 cm³/mol. The van der Waals surface area contributed by atoms with Crippen molar-refractivity contribution in [1.29, 1.82) is 0 Å². The van der Waals surface area contributed by atoms with E-state index in [-0.39, 0.29) is 5.78 Å². The van der Waals surface area contributed by atoms with E-state index in [1.54, 1.807) is 6.92 Å². The molecule has 0 N–H and O–H groups in total. The van der Waals surface area contributed by atoms with Gasteiger partial charge in [-0.05, 0) is 112 Å². The molecule has 5 heteroatoms. The number of rotatable bonds is 4. The molecule has 0 aliphatic carbocycles. The minimum atomic E-state index is 0.133. The van der Waals surface area contributed by atoms with Crippen LogP contribution in [0, 0.1) is 41.5 Å². The summed E-state index contributed by atoms with van der Waals surface area (Å²) in [5.41, 5.74) is 13.3. The molecule has 0 aromatic heterocycles. The number of hydrogen-bond donors (Lipinski definition) is 1. The standard InChI is InChI=1S/C11H13Br.C11H14.C10H12O.BHNS/c1-8-4-5-11(6-9(8)2)10(3)7-12;1-8(2)11-6-5-9(3)10(4)7-11;1-7-4-5-10(9(3)11)6-8(7)2;1-2-3/h4-6H,3,7H2,1-2H3;5-7H,1H2,2-4H3;4-6H,1-3H3;3H. The molecule has 0 unspecified atom stereocenters. The number of Topliss-reactive ketones (excluding diaryl/α,β-unsaturated/α-hetero) is 1. The number of thiol groups is 1. The maximum atomic E-state index is 10.9. The van der Waals surface area contributed by atoms with Gasteiger partial charge in [0.1, 0.15) is 0 Å². The second kappa shape index (κ2) is 17.9. The second-order valence-corrected chi connectivity index (χ2v) is 9.88. The Kier molecular flexibility index (Phi) is 16.7. The van der Waals surface area contributed by atoms with Crippen molar-refractivity contribution < 1.29 is 4.79 Å². The number of carbonyl (C=O) groups is 1. The van der Waals surface area contributed by atoms with Crippen LogP contribution in [0.3, 0.4) is 0 Å². The van der Waals surface area contributed by atoms with E-state index in [2.05, 4.69) is 118 Å². The van der Waals surface area contributed by atoms with Crippen molar-refractivity contribution in [3.05, 3.63) is 118 Å². The predicted octanol–water partition coefficient (Wildman–Crippen LogP) is 9.74. The van der Waals surface area contributed by atoms with Gasteiger partial charge in [0.25, 0.3) is 0 Å². The molecule has 0 saturated heterocycles. The van der Waals surface area contributed by atoms with E-state index in [4.69, 9.17) is 0 Å². The Labute approximate surface area is 240 Å². The van der Waals surface area contributed by atoms with Gasteiger partial charge in [-0.3, -0.25) is 4.79 Å². The van der Waals surface area contributed by atoms with Crippen LogP contribution in [0.2, 0.25) is 0 Å². The molecule has 3 aromatic carbocycles. The number of hydrogen-bond acceptors (Lipinski definition) is 3. The van der Waals surface area contributed by atoms with Crippen LogP contribution in [0.25, 0.3) is 11.1 Å². The van der Waals surface area contributed by atoms with Crippen molar-refractivity contribution in [2.75, 3.05) is 5.33 Å². The average Bonchev–Trinajstić information content (AvgIpc) is 2.85. The van der Waals surface area contributed by atoms with E-state index in [9.17, 15) is 4.79 Å². The summed E-state index contributed by atoms with van der Waals surface area (Å²) in [6.07, 6.45) is 0. The van der Waals surface area contributed by atoms with Gasteiger partial charge in [0.15, 0.2) is 5.78 Å². The number of allylic oxidation sites excluding steroid dienone is 2. The van der Waals surface area contributed by atoms with Crippen LogP contribution in [0.1, 0.15) is 68.7 Å². The van der Waals surface area contributed by atoms with Gasteiger partial charge in [0.05, 0.1) is 0 Å². The zero-order valence-electron chi connectivity index (χ0n) is 23.6. The SMILES string of the molecule is C=C(C)c1ccc(C)c(C)c1.C=C(CBr)c1ccc(C)c(C)c1.CC(=O)c1ccc(C)c(C)c1.[B]=NS. The first-order chi connectivity index (χ1) is 17.3. The van der Waals surface area contributed by atoms with Crippen molar-refractivity contribution in [3.63, 3.8) is 0 Å². The Hall–Kier alpha value is -2.50. The minimum absolute atomic E-state index is 0.133. The number of carbonyl (C=O) groups excluding carboxylic acids is 1. The zero-order chi connectivity index (χ0) is 28.7. The fourth-order valence-electron chi connectivity index (χ4n) is 3.01. The third kappa shape index (κ3) is 13.0. The van der Waals surface area contributed by atoms with Crippen LogP contribution in [0.4, 0.5) is 0 Å². The number of alkyl halides is 1. The van der Waals surface area contributed by atoms with Gasteiger partial charge < -0.3 is 0 Å². The molecule has 3 rings (SSSR count). The molecule has 0 aliphatic rings. The van der Waals surface area contributed by atoms with E-state index >= 15 is 0 Å². The summed E-state index contributed by atoms with van der Waals surface area (Å²) in [4.78, 5) is 10.9. The molecular formula is C32H40BBrNOS. The van der Waals surface area contributed by atoms with Crippen LogP contribution in [-0.4, -0.2) is 18.8 Å². The Morgan fingerprint density at radius 2 is 1.05 bits per heavy atom. The third-order valence-electron chi connectivity index (χ3n) is 5.99. The van der Waals surface area contributed by atoms with Crippen LogP contribution >= 0.6 is 28.7 Å². The van der Waals surface area contributed by atoms with Crippen molar-refractivity contribution in [2.45, 2.75) is 55.4 Å². The molecule has 2 nitrogen and oxygen atoms in total. The van der Waals surface area contributed by atoms with Crippen LogP contribution in [0.15, 0.2) is 72.1 Å². The van der Waals surface area contributed by atoms with Crippen LogP contribution < -0.4 is 0 Å². The first-order valence-corrected chi connectivity index (χ1v) is 13.5. The van der Waals surface area contributed by atoms with Crippen molar-refractivity contribution in [1.82, 2.24) is 0 Å². The van der Waals surface area contributed by atoms with Crippen molar-refractivity contribution in [3.8, 4) is 0 Å². The van der Waals surface area contributed by atoms with E-state index in [1.807, 2.05) is 39.0 Å². The topological polar surface area (TPSA) is 29.4 Å². The number of halogens is 1. The van der Waals surface area contributed by atoms with E-state index in [1.165, 1.54) is 44.5 Å². The average molecular weight is 577 g/mol. The molecule has 3 aromatic rings. The summed E-state index contributed by atoms with van der Waals surface area (Å²) in [7, 11) is 4.34. The van der Waals surface area contributed by atoms with Gasteiger partial charge >= 0.3 is 24.8 Å². The van der Waals surface area contributed by atoms with Gasteiger partial charge in [-0.1, -0.05) is 83.2 Å². The summed E-state index contributed by atoms with van der Waals surface area (Å²) in [5.74, 6) is 0.133. The molecule has 37 heavy (non-hydrogen) atoms. The molecule has 0 fully saturated rings. The molecule has 0 saturated carbocycles. The Morgan fingerprint density at radius 3 is 1.38 bits per heavy atom. The monoisotopic (exact) mass is 576 g/mol. The number of nitrogens with zero attached hydrogens (tertiary/aromatic N) is 1. The summed E-state index contributed by atoms with van der Waals surface area (Å²) in [6.45, 7) is 24.0. The Morgan fingerprint density at radius 1 is 0.730 bits per heavy atom. The van der Waals surface area contributed by atoms with Gasteiger partial charge in [-0.15, -0.1) is 0 Å². The molecule has 0 heterocycles. The number of ketones is 1. The third-order valence-corrected chi connectivity index (χ3v) is 6.67. The second-order valence-electron chi connectivity index (χ2n) is 9.09. The fraction of sp³-hybridized carbons (Fsp3) is 0.281. The molecule has 0 aliphatic heterocycles. The molecule has 195 valence electrons. The first-order valence-electron chi connectivity index (χ1n) is 12.0. The zero-order valence-corrected chi connectivity index (χ0v) is 26.1. The Bertz CT molecular complexity index is 1170. The first kappa shape index (κ1) is 34.5. The molecule has 0 atom stereocenters. The van der Waals surface area contributed by atoms with Gasteiger partial charge in [-0.25, -0.2) is 0 Å². The van der Waals surface area contributed by atoms with Crippen molar-refractivity contribution in [2.24, 2.45) is 4.30 Å². The van der Waals surface area contributed by atoms with E-state index < -0.39 is 0 Å². The van der Waals surface area contributed by atoms with Gasteiger partial charge in [-0.2, -0.15) is 0 Å². The molecule has 1 radical (unpaired) electrons. The fourth-order valence-corrected chi connectivity index (χ4v) is 3.33. The number of benzene rings is 3.